The Labute approximate surface area is 96.7 Å². The van der Waals surface area contributed by atoms with Gasteiger partial charge in [-0.1, -0.05) is 6.07 Å². The molecule has 2 aromatic rings. The number of H-pyrrole nitrogens is 1. The zero-order chi connectivity index (χ0) is 11.7. The predicted molar refractivity (Wildman–Crippen MR) is 63.5 cm³/mol. The number of nitrogens with zero attached hydrogens (tertiary/aromatic N) is 2. The van der Waals surface area contributed by atoms with Gasteiger partial charge in [-0.3, -0.25) is 4.57 Å². The Balaban J connectivity index is 2.37. The third kappa shape index (κ3) is 1.96. The van der Waals surface area contributed by atoms with E-state index >= 15 is 0 Å². The highest BCUT2D eigenvalue weighted by Gasteiger charge is 2.08. The van der Waals surface area contributed by atoms with Crippen LogP contribution < -0.4 is 11.4 Å². The second-order valence-electron chi connectivity index (χ2n) is 3.50. The van der Waals surface area contributed by atoms with Gasteiger partial charge in [0.05, 0.1) is 0 Å². The van der Waals surface area contributed by atoms with Gasteiger partial charge < -0.3 is 5.73 Å². The Morgan fingerprint density at radius 2 is 2.25 bits per heavy atom. The summed E-state index contributed by atoms with van der Waals surface area (Å²) in [5, 5.41) is 6.95. The van der Waals surface area contributed by atoms with Crippen LogP contribution in [-0.2, 0) is 7.05 Å². The summed E-state index contributed by atoms with van der Waals surface area (Å²) in [5.74, 6) is 0. The van der Waals surface area contributed by atoms with Gasteiger partial charge in [-0.25, -0.2) is 9.89 Å². The van der Waals surface area contributed by atoms with Crippen molar-refractivity contribution < 1.29 is 0 Å². The van der Waals surface area contributed by atoms with Crippen LogP contribution in [0.1, 0.15) is 5.56 Å². The van der Waals surface area contributed by atoms with Gasteiger partial charge in [-0.15, -0.1) is 5.10 Å². The summed E-state index contributed by atoms with van der Waals surface area (Å²) in [4.78, 5) is 12.2. The molecule has 16 heavy (non-hydrogen) atoms. The van der Waals surface area contributed by atoms with Gasteiger partial charge in [0, 0.05) is 17.6 Å². The molecule has 0 aliphatic heterocycles. The van der Waals surface area contributed by atoms with E-state index in [-0.39, 0.29) is 5.69 Å². The fourth-order valence-corrected chi connectivity index (χ4v) is 2.18. The summed E-state index contributed by atoms with van der Waals surface area (Å²) in [6.45, 7) is 1.99. The molecular weight excluding hydrogens is 224 g/mol. The van der Waals surface area contributed by atoms with E-state index in [0.29, 0.717) is 10.8 Å². The van der Waals surface area contributed by atoms with Crippen molar-refractivity contribution >= 4 is 17.4 Å². The normalized spacial score (nSPS) is 10.6. The topological polar surface area (TPSA) is 76.7 Å². The summed E-state index contributed by atoms with van der Waals surface area (Å²) in [6.07, 6.45) is 0. The van der Waals surface area contributed by atoms with E-state index < -0.39 is 0 Å². The standard InChI is InChI=1S/C10H12N4OS/c1-6-3-4-7(11)5-8(6)16-10-13-12-9(15)14(10)2/h3-5H,11H2,1-2H3,(H,12,15). The van der Waals surface area contributed by atoms with Crippen LogP contribution >= 0.6 is 11.8 Å². The van der Waals surface area contributed by atoms with Crippen molar-refractivity contribution in [1.29, 1.82) is 0 Å². The summed E-state index contributed by atoms with van der Waals surface area (Å²) in [5.41, 5.74) is 7.30. The zero-order valence-electron chi connectivity index (χ0n) is 9.02. The quantitative estimate of drug-likeness (QED) is 0.767. The molecule has 0 unspecified atom stereocenters. The number of hydrogen-bond acceptors (Lipinski definition) is 4. The Kier molecular flexibility index (Phi) is 2.74. The SMILES string of the molecule is Cc1ccc(N)cc1Sc1n[nH]c(=O)n1C. The van der Waals surface area contributed by atoms with Crippen LogP contribution in [0.5, 0.6) is 0 Å². The molecule has 1 aromatic carbocycles. The van der Waals surface area contributed by atoms with E-state index in [1.165, 1.54) is 16.3 Å². The van der Waals surface area contributed by atoms with Crippen LogP contribution in [0, 0.1) is 6.92 Å². The lowest BCUT2D eigenvalue weighted by Gasteiger charge is -2.05. The number of rotatable bonds is 2. The average molecular weight is 236 g/mol. The molecule has 0 saturated carbocycles. The van der Waals surface area contributed by atoms with E-state index in [1.54, 1.807) is 7.05 Å². The number of aryl methyl sites for hydroxylation is 1. The van der Waals surface area contributed by atoms with E-state index in [1.807, 2.05) is 25.1 Å². The van der Waals surface area contributed by atoms with Gasteiger partial charge in [0.25, 0.3) is 0 Å². The molecule has 84 valence electrons. The Morgan fingerprint density at radius 1 is 1.50 bits per heavy atom. The number of anilines is 1. The van der Waals surface area contributed by atoms with E-state index in [4.69, 9.17) is 5.73 Å². The molecule has 0 spiro atoms. The first-order valence-corrected chi connectivity index (χ1v) is 5.55. The molecule has 1 aromatic heterocycles. The van der Waals surface area contributed by atoms with Crippen LogP contribution in [0.2, 0.25) is 0 Å². The second kappa shape index (κ2) is 4.05. The van der Waals surface area contributed by atoms with Crippen LogP contribution in [0.15, 0.2) is 33.0 Å². The maximum Gasteiger partial charge on any atom is 0.343 e. The summed E-state index contributed by atoms with van der Waals surface area (Å²) in [7, 11) is 1.68. The van der Waals surface area contributed by atoms with Gasteiger partial charge >= 0.3 is 5.69 Å². The Morgan fingerprint density at radius 3 is 2.88 bits per heavy atom. The number of aromatic nitrogens is 3. The summed E-state index contributed by atoms with van der Waals surface area (Å²) in [6, 6.07) is 5.67. The lowest BCUT2D eigenvalue weighted by atomic mass is 10.2. The molecule has 0 radical (unpaired) electrons. The molecule has 0 fully saturated rings. The molecule has 3 N–H and O–H groups in total. The van der Waals surface area contributed by atoms with E-state index in [9.17, 15) is 4.79 Å². The molecule has 5 nitrogen and oxygen atoms in total. The molecule has 0 bridgehead atoms. The van der Waals surface area contributed by atoms with Crippen molar-refractivity contribution in [2.75, 3.05) is 5.73 Å². The minimum atomic E-state index is -0.218. The zero-order valence-corrected chi connectivity index (χ0v) is 9.84. The monoisotopic (exact) mass is 236 g/mol. The summed E-state index contributed by atoms with van der Waals surface area (Å²) < 4.78 is 1.47. The van der Waals surface area contributed by atoms with Gasteiger partial charge in [-0.2, -0.15) is 0 Å². The average Bonchev–Trinajstić information content (AvgIpc) is 2.55. The fourth-order valence-electron chi connectivity index (χ4n) is 1.25. The van der Waals surface area contributed by atoms with Crippen molar-refractivity contribution in [2.24, 2.45) is 7.05 Å². The molecule has 0 amide bonds. The Bertz CT molecular complexity index is 572. The highest BCUT2D eigenvalue weighted by molar-refractivity contribution is 7.99. The largest absolute Gasteiger partial charge is 0.399 e. The first-order valence-electron chi connectivity index (χ1n) is 4.73. The van der Waals surface area contributed by atoms with Crippen molar-refractivity contribution in [2.45, 2.75) is 17.0 Å². The second-order valence-corrected chi connectivity index (χ2v) is 4.51. The maximum absolute atomic E-state index is 11.2. The first kappa shape index (κ1) is 10.8. The molecule has 0 aliphatic rings. The number of nitrogen functional groups attached to an aromatic ring is 1. The predicted octanol–water partition coefficient (Wildman–Crippen LogP) is 1.15. The molecule has 2 rings (SSSR count). The fraction of sp³-hybridized carbons (Fsp3) is 0.200. The van der Waals surface area contributed by atoms with Crippen LogP contribution in [0.3, 0.4) is 0 Å². The molecule has 1 heterocycles. The van der Waals surface area contributed by atoms with Gasteiger partial charge in [0.1, 0.15) is 0 Å². The van der Waals surface area contributed by atoms with Crippen molar-refractivity contribution in [1.82, 2.24) is 14.8 Å². The minimum Gasteiger partial charge on any atom is -0.399 e. The minimum absolute atomic E-state index is 0.218. The lowest BCUT2D eigenvalue weighted by molar-refractivity contribution is 0.766. The molecular formula is C10H12N4OS. The number of hydrogen-bond donors (Lipinski definition) is 2. The van der Waals surface area contributed by atoms with Crippen molar-refractivity contribution in [3.05, 3.63) is 34.2 Å². The highest BCUT2D eigenvalue weighted by Crippen LogP contribution is 2.29. The highest BCUT2D eigenvalue weighted by atomic mass is 32.2. The molecule has 0 atom stereocenters. The van der Waals surface area contributed by atoms with Crippen LogP contribution in [0.4, 0.5) is 5.69 Å². The molecule has 6 heteroatoms. The van der Waals surface area contributed by atoms with E-state index in [2.05, 4.69) is 10.2 Å². The van der Waals surface area contributed by atoms with Gasteiger partial charge in [0.15, 0.2) is 5.16 Å². The van der Waals surface area contributed by atoms with Crippen LogP contribution in [0.25, 0.3) is 0 Å². The lowest BCUT2D eigenvalue weighted by Crippen LogP contribution is -2.12. The van der Waals surface area contributed by atoms with Crippen molar-refractivity contribution in [3.63, 3.8) is 0 Å². The first-order chi connectivity index (χ1) is 7.58. The number of nitrogens with one attached hydrogen (secondary N) is 1. The number of benzene rings is 1. The Hall–Kier alpha value is -1.69. The van der Waals surface area contributed by atoms with Crippen LogP contribution in [-0.4, -0.2) is 14.8 Å². The van der Waals surface area contributed by atoms with Crippen molar-refractivity contribution in [3.8, 4) is 0 Å². The number of aromatic amines is 1. The summed E-state index contributed by atoms with van der Waals surface area (Å²) >= 11 is 1.42. The number of nitrogens with two attached hydrogens (primary N) is 1. The molecule has 0 saturated heterocycles. The smallest absolute Gasteiger partial charge is 0.343 e. The van der Waals surface area contributed by atoms with Gasteiger partial charge in [0.2, 0.25) is 0 Å². The molecule has 0 aliphatic carbocycles. The third-order valence-corrected chi connectivity index (χ3v) is 3.46. The van der Waals surface area contributed by atoms with E-state index in [0.717, 1.165) is 10.5 Å². The van der Waals surface area contributed by atoms with Gasteiger partial charge in [-0.05, 0) is 36.4 Å². The maximum atomic E-state index is 11.2. The third-order valence-electron chi connectivity index (χ3n) is 2.25.